The fourth-order valence-electron chi connectivity index (χ4n) is 15.9. The third kappa shape index (κ3) is 2.80. The summed E-state index contributed by atoms with van der Waals surface area (Å²) < 4.78 is 0. The van der Waals surface area contributed by atoms with Gasteiger partial charge < -0.3 is 0 Å². The molecule has 1 heteroatoms. The molecule has 0 amide bonds. The van der Waals surface area contributed by atoms with E-state index in [9.17, 15) is 4.79 Å². The summed E-state index contributed by atoms with van der Waals surface area (Å²) in [5.74, 6) is 19.9. The fraction of sp³-hybridized carbons (Fsp3) is 0.973. The molecule has 7 aliphatic carbocycles. The summed E-state index contributed by atoms with van der Waals surface area (Å²) in [4.78, 5) is 13.4. The molecular weight excluding hydrogens is 460 g/mol. The van der Waals surface area contributed by atoms with Crippen LogP contribution in [0.1, 0.15) is 83.1 Å². The molecule has 0 N–H and O–H groups in total. The molecule has 0 saturated heterocycles. The van der Waals surface area contributed by atoms with Gasteiger partial charge in [0.1, 0.15) is 5.78 Å². The predicted octanol–water partition coefficient (Wildman–Crippen LogP) is 8.68. The molecule has 7 fully saturated rings. The van der Waals surface area contributed by atoms with E-state index in [1.54, 1.807) is 0 Å². The number of Topliss-reactive ketones (excluding diaryl/α,β-unsaturated/α-hetero) is 1. The van der Waals surface area contributed by atoms with Crippen LogP contribution in [0.25, 0.3) is 0 Å². The molecule has 0 radical (unpaired) electrons. The second-order valence-electron chi connectivity index (χ2n) is 17.5. The number of hydrogen-bond donors (Lipinski definition) is 0. The Hall–Kier alpha value is -0.330. The van der Waals surface area contributed by atoms with Gasteiger partial charge in [0.2, 0.25) is 0 Å². The van der Waals surface area contributed by atoms with Gasteiger partial charge in [-0.05, 0) is 130 Å². The van der Waals surface area contributed by atoms with E-state index in [0.29, 0.717) is 29.5 Å². The first-order chi connectivity index (χ1) is 17.8. The molecule has 1 nitrogen and oxygen atoms in total. The summed E-state index contributed by atoms with van der Waals surface area (Å²) in [6.07, 6.45) is 0. The minimum atomic E-state index is 0.298. The Kier molecular flexibility index (Phi) is 5.85. The largest absolute Gasteiger partial charge is 0.299 e. The van der Waals surface area contributed by atoms with Crippen molar-refractivity contribution in [2.24, 2.45) is 142 Å². The van der Waals surface area contributed by atoms with Gasteiger partial charge in [-0.1, -0.05) is 83.1 Å². The average molecular weight is 521 g/mol. The first-order valence-corrected chi connectivity index (χ1v) is 17.4. The Morgan fingerprint density at radius 2 is 0.500 bits per heavy atom. The van der Waals surface area contributed by atoms with Crippen LogP contribution in [0.5, 0.6) is 0 Å². The minimum Gasteiger partial charge on any atom is -0.299 e. The van der Waals surface area contributed by atoms with Gasteiger partial charge in [0.05, 0.1) is 0 Å². The zero-order chi connectivity index (χ0) is 27.4. The standard InChI is InChI=1S/C37H60O/c1-13-14(2)16(4)26-22(10)32-28-18(6)20(8)30-34-24(12)37(38)23(11)33(34)29-19(7)17(5)27(35(28)36(29)30)31(32)21(9)25(26)15(13)3/h13-36H,1-12H3. The highest BCUT2D eigenvalue weighted by molar-refractivity contribution is 5.86. The molecule has 0 spiro atoms. The van der Waals surface area contributed by atoms with Crippen molar-refractivity contribution in [2.75, 3.05) is 0 Å². The first-order valence-electron chi connectivity index (χ1n) is 17.4. The van der Waals surface area contributed by atoms with E-state index in [1.807, 2.05) is 0 Å². The summed E-state index contributed by atoms with van der Waals surface area (Å²) >= 11 is 0. The number of ketones is 1. The van der Waals surface area contributed by atoms with Crippen molar-refractivity contribution >= 4 is 5.78 Å². The summed E-state index contributed by atoms with van der Waals surface area (Å²) in [7, 11) is 0. The normalized spacial score (nSPS) is 70.2. The highest BCUT2D eigenvalue weighted by Crippen LogP contribution is 2.78. The van der Waals surface area contributed by atoms with Crippen LogP contribution in [0.3, 0.4) is 0 Å². The molecule has 7 aliphatic rings. The van der Waals surface area contributed by atoms with E-state index in [-0.39, 0.29) is 0 Å². The Labute approximate surface area is 235 Å². The topological polar surface area (TPSA) is 17.1 Å². The average Bonchev–Trinajstić information content (AvgIpc) is 3.49. The van der Waals surface area contributed by atoms with Crippen LogP contribution in [-0.2, 0) is 4.79 Å². The van der Waals surface area contributed by atoms with Crippen LogP contribution in [0, 0.1) is 142 Å². The van der Waals surface area contributed by atoms with Gasteiger partial charge >= 0.3 is 0 Å². The molecule has 22 unspecified atom stereocenters. The Balaban J connectivity index is 1.37. The number of rotatable bonds is 0. The van der Waals surface area contributed by atoms with Crippen molar-refractivity contribution in [3.8, 4) is 0 Å². The smallest absolute Gasteiger partial charge is 0.139 e. The van der Waals surface area contributed by atoms with Gasteiger partial charge in [-0.3, -0.25) is 4.79 Å². The van der Waals surface area contributed by atoms with Crippen molar-refractivity contribution in [2.45, 2.75) is 83.1 Å². The monoisotopic (exact) mass is 520 g/mol. The van der Waals surface area contributed by atoms with E-state index in [1.165, 1.54) is 0 Å². The van der Waals surface area contributed by atoms with Crippen molar-refractivity contribution in [1.29, 1.82) is 0 Å². The Morgan fingerprint density at radius 1 is 0.263 bits per heavy atom. The molecule has 0 aromatic carbocycles. The fourth-order valence-corrected chi connectivity index (χ4v) is 15.9. The molecule has 0 heterocycles. The van der Waals surface area contributed by atoms with Crippen LogP contribution in [-0.4, -0.2) is 5.78 Å². The molecule has 22 atom stereocenters. The molecule has 0 aromatic heterocycles. The second kappa shape index (κ2) is 8.37. The highest BCUT2D eigenvalue weighted by Gasteiger charge is 2.75. The Morgan fingerprint density at radius 3 is 0.816 bits per heavy atom. The third-order valence-corrected chi connectivity index (χ3v) is 17.6. The number of carbonyl (C=O) groups excluding carboxylic acids is 1. The maximum absolute atomic E-state index is 13.4. The van der Waals surface area contributed by atoms with Crippen LogP contribution in [0.15, 0.2) is 0 Å². The van der Waals surface area contributed by atoms with Crippen molar-refractivity contribution in [3.63, 3.8) is 0 Å². The predicted molar refractivity (Wildman–Crippen MR) is 157 cm³/mol. The van der Waals surface area contributed by atoms with Crippen LogP contribution < -0.4 is 0 Å². The Bertz CT molecular complexity index is 909. The lowest BCUT2D eigenvalue weighted by Gasteiger charge is -2.60. The van der Waals surface area contributed by atoms with Crippen LogP contribution in [0.4, 0.5) is 0 Å². The molecule has 0 aliphatic heterocycles. The van der Waals surface area contributed by atoms with E-state index < -0.39 is 0 Å². The van der Waals surface area contributed by atoms with Crippen LogP contribution in [0.2, 0.25) is 0 Å². The van der Waals surface area contributed by atoms with E-state index >= 15 is 0 Å². The van der Waals surface area contributed by atoms with E-state index in [4.69, 9.17) is 0 Å². The number of hydrogen-bond acceptors (Lipinski definition) is 1. The van der Waals surface area contributed by atoms with E-state index in [0.717, 1.165) is 118 Å². The SMILES string of the molecule is CC1C(=O)C(C)C2C1C1C(C)C(C)C3C4C(C)C5C(C)C(C)C(C)C(C)C5C(C)C4C4C(C)C(C)C2C1C34. The molecular formula is C37H60O. The molecule has 0 bridgehead atoms. The van der Waals surface area contributed by atoms with Crippen molar-refractivity contribution in [3.05, 3.63) is 0 Å². The summed E-state index contributed by atoms with van der Waals surface area (Å²) in [5.41, 5.74) is 0. The minimum absolute atomic E-state index is 0.298. The second-order valence-corrected chi connectivity index (χ2v) is 17.5. The number of carbonyl (C=O) groups is 1. The van der Waals surface area contributed by atoms with Gasteiger partial charge in [0, 0.05) is 11.8 Å². The zero-order valence-electron chi connectivity index (χ0n) is 26.8. The van der Waals surface area contributed by atoms with Gasteiger partial charge in [0.15, 0.2) is 0 Å². The van der Waals surface area contributed by atoms with Gasteiger partial charge in [-0.15, -0.1) is 0 Å². The summed E-state index contributed by atoms with van der Waals surface area (Å²) in [5, 5.41) is 0. The lowest BCUT2D eigenvalue weighted by Crippen LogP contribution is -2.56. The molecule has 7 rings (SSSR count). The maximum Gasteiger partial charge on any atom is 0.139 e. The quantitative estimate of drug-likeness (QED) is 0.312. The molecule has 7 saturated carbocycles. The maximum atomic E-state index is 13.4. The lowest BCUT2D eigenvalue weighted by atomic mass is 9.44. The van der Waals surface area contributed by atoms with Gasteiger partial charge in [-0.25, -0.2) is 0 Å². The molecule has 0 aromatic rings. The molecule has 38 heavy (non-hydrogen) atoms. The summed E-state index contributed by atoms with van der Waals surface area (Å²) in [6.45, 7) is 31.4. The molecule has 214 valence electrons. The third-order valence-electron chi connectivity index (χ3n) is 17.6. The van der Waals surface area contributed by atoms with Gasteiger partial charge in [0.25, 0.3) is 0 Å². The highest BCUT2D eigenvalue weighted by atomic mass is 16.1. The lowest BCUT2D eigenvalue weighted by molar-refractivity contribution is -0.129. The van der Waals surface area contributed by atoms with Crippen LogP contribution >= 0.6 is 0 Å². The summed E-state index contributed by atoms with van der Waals surface area (Å²) in [6, 6.07) is 0. The number of fused-ring (bicyclic) bond motifs is 7. The van der Waals surface area contributed by atoms with Crippen molar-refractivity contribution in [1.82, 2.24) is 0 Å². The van der Waals surface area contributed by atoms with E-state index in [2.05, 4.69) is 83.1 Å². The van der Waals surface area contributed by atoms with Gasteiger partial charge in [-0.2, -0.15) is 0 Å². The zero-order valence-corrected chi connectivity index (χ0v) is 26.8. The van der Waals surface area contributed by atoms with Crippen molar-refractivity contribution < 1.29 is 4.79 Å². The first kappa shape index (κ1) is 26.6.